The Morgan fingerprint density at radius 1 is 1.10 bits per heavy atom. The van der Waals surface area contributed by atoms with Gasteiger partial charge in [-0.1, -0.05) is 6.92 Å². The second-order valence-electron chi connectivity index (χ2n) is 1.99. The minimum atomic E-state index is -0.534. The smallest absolute Gasteiger partial charge is 0.126 e. The van der Waals surface area contributed by atoms with Gasteiger partial charge < -0.3 is 0 Å². The van der Waals surface area contributed by atoms with Crippen LogP contribution in [0.5, 0.6) is 0 Å². The van der Waals surface area contributed by atoms with Crippen molar-refractivity contribution in [2.24, 2.45) is 0 Å². The van der Waals surface area contributed by atoms with E-state index in [1.54, 1.807) is 13.3 Å². The summed E-state index contributed by atoms with van der Waals surface area (Å²) in [6.07, 6.45) is 1.64. The highest BCUT2D eigenvalue weighted by molar-refractivity contribution is 5.23. The van der Waals surface area contributed by atoms with E-state index in [0.29, 0.717) is 5.56 Å². The molecule has 0 spiro atoms. The number of benzene rings is 1. The maximum Gasteiger partial charge on any atom is 0.126 e. The van der Waals surface area contributed by atoms with Crippen molar-refractivity contribution >= 4 is 0 Å². The van der Waals surface area contributed by atoms with Crippen LogP contribution in [-0.2, 0) is 0 Å². The summed E-state index contributed by atoms with van der Waals surface area (Å²) in [5.74, 6) is -1.07. The summed E-state index contributed by atoms with van der Waals surface area (Å²) in [6.45, 7) is 1.73. The van der Waals surface area contributed by atoms with Crippen molar-refractivity contribution in [3.63, 3.8) is 0 Å². The van der Waals surface area contributed by atoms with Gasteiger partial charge in [-0.15, -0.1) is 0 Å². The van der Waals surface area contributed by atoms with Gasteiger partial charge in [-0.05, 0) is 24.1 Å². The summed E-state index contributed by atoms with van der Waals surface area (Å²) >= 11 is 0. The Bertz CT molecular complexity index is 210. The van der Waals surface area contributed by atoms with Gasteiger partial charge in [0, 0.05) is 6.07 Å². The Morgan fingerprint density at radius 3 is 2.00 bits per heavy atom. The van der Waals surface area contributed by atoms with Crippen molar-refractivity contribution in [1.29, 1.82) is 0 Å². The standard InChI is InChI=1S/C8H7F2/c1-2-6-3-7(9)5-8(10)4-6/h2-5H,1H3. The molecule has 0 unspecified atom stereocenters. The van der Waals surface area contributed by atoms with E-state index in [4.69, 9.17) is 0 Å². The molecular formula is C8H7F2. The molecule has 0 amide bonds. The van der Waals surface area contributed by atoms with Crippen LogP contribution < -0.4 is 0 Å². The quantitative estimate of drug-likeness (QED) is 0.563. The molecule has 1 aromatic carbocycles. The fraction of sp³-hybridized carbons (Fsp3) is 0.125. The van der Waals surface area contributed by atoms with Gasteiger partial charge in [-0.2, -0.15) is 0 Å². The Hall–Kier alpha value is -0.920. The molecule has 1 radical (unpaired) electrons. The fourth-order valence-corrected chi connectivity index (χ4v) is 0.742. The highest BCUT2D eigenvalue weighted by atomic mass is 19.1. The number of halogens is 2. The summed E-state index contributed by atoms with van der Waals surface area (Å²) in [5.41, 5.74) is 0.567. The summed E-state index contributed by atoms with van der Waals surface area (Å²) in [4.78, 5) is 0. The van der Waals surface area contributed by atoms with Gasteiger partial charge in [-0.25, -0.2) is 8.78 Å². The van der Waals surface area contributed by atoms with Gasteiger partial charge in [0.05, 0.1) is 0 Å². The summed E-state index contributed by atoms with van der Waals surface area (Å²) in [7, 11) is 0. The van der Waals surface area contributed by atoms with Gasteiger partial charge in [0.2, 0.25) is 0 Å². The number of rotatable bonds is 1. The largest absolute Gasteiger partial charge is 0.207 e. The summed E-state index contributed by atoms with van der Waals surface area (Å²) in [5, 5.41) is 0. The topological polar surface area (TPSA) is 0 Å². The molecule has 0 aliphatic heterocycles. The lowest BCUT2D eigenvalue weighted by Gasteiger charge is -1.95. The average Bonchev–Trinajstić information content (AvgIpc) is 1.85. The van der Waals surface area contributed by atoms with Gasteiger partial charge in [0.25, 0.3) is 0 Å². The predicted octanol–water partition coefficient (Wildman–Crippen LogP) is 2.54. The van der Waals surface area contributed by atoms with Gasteiger partial charge in [0.15, 0.2) is 0 Å². The molecule has 53 valence electrons. The van der Waals surface area contributed by atoms with Crippen LogP contribution in [-0.4, -0.2) is 0 Å². The molecule has 0 saturated heterocycles. The first-order chi connectivity index (χ1) is 4.72. The van der Waals surface area contributed by atoms with Crippen LogP contribution in [0.4, 0.5) is 8.78 Å². The van der Waals surface area contributed by atoms with E-state index < -0.39 is 11.6 Å². The van der Waals surface area contributed by atoms with Crippen molar-refractivity contribution in [3.05, 3.63) is 41.8 Å². The second kappa shape index (κ2) is 2.78. The Labute approximate surface area is 58.5 Å². The van der Waals surface area contributed by atoms with Crippen LogP contribution >= 0.6 is 0 Å². The van der Waals surface area contributed by atoms with Gasteiger partial charge in [-0.3, -0.25) is 0 Å². The van der Waals surface area contributed by atoms with E-state index in [1.807, 2.05) is 0 Å². The molecule has 0 aliphatic carbocycles. The molecule has 0 aliphatic rings. The van der Waals surface area contributed by atoms with Crippen LogP contribution in [0.3, 0.4) is 0 Å². The monoisotopic (exact) mass is 141 g/mol. The second-order valence-corrected chi connectivity index (χ2v) is 1.99. The molecule has 0 heterocycles. The molecule has 0 atom stereocenters. The third-order valence-electron chi connectivity index (χ3n) is 1.22. The zero-order chi connectivity index (χ0) is 7.56. The average molecular weight is 141 g/mol. The summed E-state index contributed by atoms with van der Waals surface area (Å²) < 4.78 is 24.7. The molecule has 0 aromatic heterocycles. The van der Waals surface area contributed by atoms with E-state index in [-0.39, 0.29) is 0 Å². The van der Waals surface area contributed by atoms with Crippen molar-refractivity contribution in [1.82, 2.24) is 0 Å². The molecule has 2 heteroatoms. The third kappa shape index (κ3) is 1.53. The molecule has 10 heavy (non-hydrogen) atoms. The number of hydrogen-bond acceptors (Lipinski definition) is 0. The Balaban J connectivity index is 3.06. The molecular weight excluding hydrogens is 134 g/mol. The lowest BCUT2D eigenvalue weighted by atomic mass is 10.2. The van der Waals surface area contributed by atoms with Crippen LogP contribution in [0.15, 0.2) is 18.2 Å². The van der Waals surface area contributed by atoms with E-state index in [0.717, 1.165) is 6.07 Å². The molecule has 0 N–H and O–H groups in total. The van der Waals surface area contributed by atoms with Gasteiger partial charge in [0.1, 0.15) is 11.6 Å². The van der Waals surface area contributed by atoms with E-state index >= 15 is 0 Å². The highest BCUT2D eigenvalue weighted by Gasteiger charge is 1.96. The number of hydrogen-bond donors (Lipinski definition) is 0. The maximum atomic E-state index is 12.4. The SMILES string of the molecule is C[CH]c1cc(F)cc(F)c1. The first-order valence-electron chi connectivity index (χ1n) is 2.98. The van der Waals surface area contributed by atoms with Crippen LogP contribution in [0.25, 0.3) is 0 Å². The summed E-state index contributed by atoms with van der Waals surface area (Å²) in [6, 6.07) is 3.42. The minimum Gasteiger partial charge on any atom is -0.207 e. The minimum absolute atomic E-state index is 0.534. The molecule has 0 nitrogen and oxygen atoms in total. The van der Waals surface area contributed by atoms with Crippen LogP contribution in [0.2, 0.25) is 0 Å². The normalized spacial score (nSPS) is 9.90. The van der Waals surface area contributed by atoms with E-state index in [9.17, 15) is 8.78 Å². The maximum absolute atomic E-state index is 12.4. The van der Waals surface area contributed by atoms with Crippen molar-refractivity contribution < 1.29 is 8.78 Å². The van der Waals surface area contributed by atoms with Crippen molar-refractivity contribution in [2.75, 3.05) is 0 Å². The molecule has 0 saturated carbocycles. The lowest BCUT2D eigenvalue weighted by Crippen LogP contribution is -1.83. The zero-order valence-corrected chi connectivity index (χ0v) is 5.57. The van der Waals surface area contributed by atoms with Gasteiger partial charge >= 0.3 is 0 Å². The van der Waals surface area contributed by atoms with Crippen LogP contribution in [0, 0.1) is 18.1 Å². The molecule has 1 rings (SSSR count). The third-order valence-corrected chi connectivity index (χ3v) is 1.22. The molecule has 0 fully saturated rings. The Kier molecular flexibility index (Phi) is 2.00. The molecule has 0 bridgehead atoms. The molecule has 1 aromatic rings. The van der Waals surface area contributed by atoms with Crippen LogP contribution in [0.1, 0.15) is 12.5 Å². The van der Waals surface area contributed by atoms with E-state index in [2.05, 4.69) is 0 Å². The highest BCUT2D eigenvalue weighted by Crippen LogP contribution is 2.08. The zero-order valence-electron chi connectivity index (χ0n) is 5.57. The lowest BCUT2D eigenvalue weighted by molar-refractivity contribution is 0.582. The Morgan fingerprint density at radius 2 is 1.60 bits per heavy atom. The van der Waals surface area contributed by atoms with E-state index in [1.165, 1.54) is 12.1 Å². The predicted molar refractivity (Wildman–Crippen MR) is 35.4 cm³/mol. The van der Waals surface area contributed by atoms with Crippen molar-refractivity contribution in [3.8, 4) is 0 Å². The first kappa shape index (κ1) is 7.19. The first-order valence-corrected chi connectivity index (χ1v) is 2.98. The van der Waals surface area contributed by atoms with Crippen molar-refractivity contribution in [2.45, 2.75) is 6.92 Å². The fourth-order valence-electron chi connectivity index (χ4n) is 0.742.